The Morgan fingerprint density at radius 1 is 1.05 bits per heavy atom. The summed E-state index contributed by atoms with van der Waals surface area (Å²) in [6, 6.07) is 7.58. The molecule has 0 bridgehead atoms. The van der Waals surface area contributed by atoms with E-state index in [1.54, 1.807) is 0 Å². The van der Waals surface area contributed by atoms with Crippen LogP contribution in [0.4, 0.5) is 0 Å². The fourth-order valence-corrected chi connectivity index (χ4v) is 1.99. The molecule has 0 aliphatic carbocycles. The molecule has 3 N–H and O–H groups in total. The maximum absolute atomic E-state index is 9.78. The van der Waals surface area contributed by atoms with E-state index >= 15 is 0 Å². The summed E-state index contributed by atoms with van der Waals surface area (Å²) in [6.07, 6.45) is 5.49. The zero-order chi connectivity index (χ0) is 15.3. The lowest BCUT2D eigenvalue weighted by atomic mass is 10.2. The smallest absolute Gasteiger partial charge is 0.119 e. The number of hydrogen-bond acceptors (Lipinski definition) is 4. The van der Waals surface area contributed by atoms with Crippen molar-refractivity contribution in [2.75, 3.05) is 19.8 Å². The van der Waals surface area contributed by atoms with Crippen molar-refractivity contribution < 1.29 is 14.6 Å². The van der Waals surface area contributed by atoms with Crippen molar-refractivity contribution in [3.8, 4) is 5.75 Å². The van der Waals surface area contributed by atoms with Crippen LogP contribution in [-0.2, 0) is 11.3 Å². The quantitative estimate of drug-likeness (QED) is 0.582. The third-order valence-electron chi connectivity index (χ3n) is 3.30. The highest BCUT2D eigenvalue weighted by molar-refractivity contribution is 5.27. The van der Waals surface area contributed by atoms with E-state index in [1.165, 1.54) is 25.7 Å². The highest BCUT2D eigenvalue weighted by atomic mass is 16.5. The number of aliphatic hydroxyl groups is 1. The summed E-state index contributed by atoms with van der Waals surface area (Å²) >= 11 is 0. The van der Waals surface area contributed by atoms with E-state index in [0.29, 0.717) is 19.8 Å². The van der Waals surface area contributed by atoms with E-state index < -0.39 is 6.10 Å². The number of aliphatic hydroxyl groups excluding tert-OH is 1. The first-order valence-electron chi connectivity index (χ1n) is 7.94. The number of benzene rings is 1. The lowest BCUT2D eigenvalue weighted by Gasteiger charge is -2.13. The molecule has 4 heteroatoms. The maximum Gasteiger partial charge on any atom is 0.119 e. The van der Waals surface area contributed by atoms with Crippen LogP contribution in [0.1, 0.15) is 44.6 Å². The lowest BCUT2D eigenvalue weighted by molar-refractivity contribution is 0.0110. The number of ether oxygens (including phenoxy) is 2. The molecule has 0 fully saturated rings. The topological polar surface area (TPSA) is 64.7 Å². The van der Waals surface area contributed by atoms with Gasteiger partial charge in [0.25, 0.3) is 0 Å². The molecule has 0 amide bonds. The van der Waals surface area contributed by atoms with Gasteiger partial charge in [0.05, 0.1) is 6.61 Å². The van der Waals surface area contributed by atoms with Crippen molar-refractivity contribution in [1.29, 1.82) is 0 Å². The van der Waals surface area contributed by atoms with Crippen LogP contribution in [0.2, 0.25) is 0 Å². The molecule has 0 aliphatic heterocycles. The Hall–Kier alpha value is -1.10. The second-order valence-corrected chi connectivity index (χ2v) is 5.30. The Morgan fingerprint density at radius 3 is 2.43 bits per heavy atom. The van der Waals surface area contributed by atoms with E-state index in [9.17, 15) is 5.11 Å². The Kier molecular flexibility index (Phi) is 9.87. The Balaban J connectivity index is 2.03. The number of rotatable bonds is 12. The van der Waals surface area contributed by atoms with Crippen LogP contribution in [0.15, 0.2) is 24.3 Å². The van der Waals surface area contributed by atoms with Gasteiger partial charge in [-0.25, -0.2) is 0 Å². The SMILES string of the molecule is CCCCCCCOCC(O)COc1ccc(CN)cc1. The molecular weight excluding hydrogens is 266 g/mol. The van der Waals surface area contributed by atoms with E-state index in [4.69, 9.17) is 15.2 Å². The first kappa shape index (κ1) is 18.0. The summed E-state index contributed by atoms with van der Waals surface area (Å²) in [7, 11) is 0. The van der Waals surface area contributed by atoms with Crippen molar-refractivity contribution in [2.24, 2.45) is 5.73 Å². The van der Waals surface area contributed by atoms with Gasteiger partial charge in [0.15, 0.2) is 0 Å². The molecule has 1 rings (SSSR count). The largest absolute Gasteiger partial charge is 0.491 e. The molecule has 4 nitrogen and oxygen atoms in total. The van der Waals surface area contributed by atoms with Gasteiger partial charge in [0.1, 0.15) is 18.5 Å². The molecule has 0 aliphatic rings. The molecule has 120 valence electrons. The molecule has 0 saturated heterocycles. The average molecular weight is 295 g/mol. The minimum Gasteiger partial charge on any atom is -0.491 e. The highest BCUT2D eigenvalue weighted by Gasteiger charge is 2.05. The summed E-state index contributed by atoms with van der Waals surface area (Å²) in [6.45, 7) is 4.02. The van der Waals surface area contributed by atoms with E-state index in [0.717, 1.165) is 17.7 Å². The van der Waals surface area contributed by atoms with Crippen LogP contribution in [-0.4, -0.2) is 31.0 Å². The summed E-state index contributed by atoms with van der Waals surface area (Å²) in [5.74, 6) is 0.741. The third kappa shape index (κ3) is 8.71. The summed E-state index contributed by atoms with van der Waals surface area (Å²) < 4.78 is 11.0. The zero-order valence-corrected chi connectivity index (χ0v) is 13.1. The van der Waals surface area contributed by atoms with Crippen LogP contribution >= 0.6 is 0 Å². The minimum absolute atomic E-state index is 0.248. The first-order chi connectivity index (χ1) is 10.3. The number of nitrogens with two attached hydrogens (primary N) is 1. The predicted molar refractivity (Wildman–Crippen MR) is 85.4 cm³/mol. The maximum atomic E-state index is 9.78. The van der Waals surface area contributed by atoms with Crippen molar-refractivity contribution in [3.05, 3.63) is 29.8 Å². The van der Waals surface area contributed by atoms with Gasteiger partial charge in [-0.3, -0.25) is 0 Å². The number of hydrogen-bond donors (Lipinski definition) is 2. The second kappa shape index (κ2) is 11.5. The van der Waals surface area contributed by atoms with Crippen molar-refractivity contribution in [3.63, 3.8) is 0 Å². The van der Waals surface area contributed by atoms with E-state index in [-0.39, 0.29) is 6.61 Å². The van der Waals surface area contributed by atoms with Crippen LogP contribution in [0, 0.1) is 0 Å². The molecule has 0 heterocycles. The van der Waals surface area contributed by atoms with Gasteiger partial charge in [-0.05, 0) is 24.1 Å². The van der Waals surface area contributed by atoms with Crippen LogP contribution in [0.3, 0.4) is 0 Å². The summed E-state index contributed by atoms with van der Waals surface area (Å²) in [5, 5.41) is 9.78. The molecule has 0 aromatic heterocycles. The van der Waals surface area contributed by atoms with Gasteiger partial charge < -0.3 is 20.3 Å². The highest BCUT2D eigenvalue weighted by Crippen LogP contribution is 2.12. The normalized spacial score (nSPS) is 12.3. The molecule has 1 aromatic rings. The molecule has 1 aromatic carbocycles. The van der Waals surface area contributed by atoms with Gasteiger partial charge in [-0.1, -0.05) is 44.7 Å². The van der Waals surface area contributed by atoms with Crippen molar-refractivity contribution >= 4 is 0 Å². The Labute approximate surface area is 128 Å². The average Bonchev–Trinajstić information content (AvgIpc) is 2.52. The minimum atomic E-state index is -0.588. The Bertz CT molecular complexity index is 354. The second-order valence-electron chi connectivity index (χ2n) is 5.30. The fraction of sp³-hybridized carbons (Fsp3) is 0.647. The van der Waals surface area contributed by atoms with Crippen molar-refractivity contribution in [1.82, 2.24) is 0 Å². The van der Waals surface area contributed by atoms with Crippen LogP contribution in [0.25, 0.3) is 0 Å². The van der Waals surface area contributed by atoms with Crippen LogP contribution < -0.4 is 10.5 Å². The molecule has 1 unspecified atom stereocenters. The molecule has 0 saturated carbocycles. The van der Waals surface area contributed by atoms with Gasteiger partial charge in [0.2, 0.25) is 0 Å². The molecule has 1 atom stereocenters. The standard InChI is InChI=1S/C17H29NO3/c1-2-3-4-5-6-11-20-13-16(19)14-21-17-9-7-15(12-18)8-10-17/h7-10,16,19H,2-6,11-14,18H2,1H3. The van der Waals surface area contributed by atoms with Crippen molar-refractivity contribution in [2.45, 2.75) is 51.7 Å². The third-order valence-corrected chi connectivity index (χ3v) is 3.30. The first-order valence-corrected chi connectivity index (χ1v) is 7.94. The van der Waals surface area contributed by atoms with Gasteiger partial charge in [0, 0.05) is 13.2 Å². The Morgan fingerprint density at radius 2 is 1.76 bits per heavy atom. The zero-order valence-electron chi connectivity index (χ0n) is 13.1. The fourth-order valence-electron chi connectivity index (χ4n) is 1.99. The van der Waals surface area contributed by atoms with Gasteiger partial charge >= 0.3 is 0 Å². The van der Waals surface area contributed by atoms with E-state index in [2.05, 4.69) is 6.92 Å². The summed E-state index contributed by atoms with van der Waals surface area (Å²) in [5.41, 5.74) is 6.60. The van der Waals surface area contributed by atoms with E-state index in [1.807, 2.05) is 24.3 Å². The predicted octanol–water partition coefficient (Wildman–Crippen LogP) is 2.87. The summed E-state index contributed by atoms with van der Waals surface area (Å²) in [4.78, 5) is 0. The number of unbranched alkanes of at least 4 members (excludes halogenated alkanes) is 4. The van der Waals surface area contributed by atoms with Gasteiger partial charge in [-0.2, -0.15) is 0 Å². The molecular formula is C17H29NO3. The molecule has 0 spiro atoms. The molecule has 21 heavy (non-hydrogen) atoms. The molecule has 0 radical (unpaired) electrons. The van der Waals surface area contributed by atoms with Crippen LogP contribution in [0.5, 0.6) is 5.75 Å². The lowest BCUT2D eigenvalue weighted by Crippen LogP contribution is -2.23. The van der Waals surface area contributed by atoms with Gasteiger partial charge in [-0.15, -0.1) is 0 Å². The monoisotopic (exact) mass is 295 g/mol.